The summed E-state index contributed by atoms with van der Waals surface area (Å²) in [6, 6.07) is -2.37. The molecule has 2 unspecified atom stereocenters. The van der Waals surface area contributed by atoms with Crippen LogP contribution in [0.5, 0.6) is 0 Å². The average molecular weight is 993 g/mol. The summed E-state index contributed by atoms with van der Waals surface area (Å²) in [6.07, 6.45) is 6.43. The van der Waals surface area contributed by atoms with Gasteiger partial charge in [-0.15, -0.1) is 0 Å². The number of nitrogens with two attached hydrogens (primary N) is 1. The molecule has 398 valence electrons. The van der Waals surface area contributed by atoms with E-state index in [1.165, 1.54) is 6.20 Å². The molecule has 1 heterocycles. The average Bonchev–Trinajstić information content (AvgIpc) is 3.67. The number of hydrogen-bond donors (Lipinski definition) is 5. The van der Waals surface area contributed by atoms with E-state index in [0.29, 0.717) is 165 Å². The number of hydrogen-bond acceptors (Lipinski definition) is 19. The van der Waals surface area contributed by atoms with Gasteiger partial charge in [-0.25, -0.2) is 0 Å². The van der Waals surface area contributed by atoms with Crippen LogP contribution >= 0.6 is 0 Å². The lowest BCUT2D eigenvalue weighted by Gasteiger charge is -2.26. The van der Waals surface area contributed by atoms with Crippen LogP contribution in [-0.2, 0) is 85.6 Å². The molecule has 69 heavy (non-hydrogen) atoms. The largest absolute Gasteiger partial charge is 0.382 e. The third-order valence-corrected chi connectivity index (χ3v) is 9.24. The lowest BCUT2D eigenvalue weighted by atomic mass is 10.1. The monoisotopic (exact) mass is 993 g/mol. The Hall–Kier alpha value is -4.02. The highest BCUT2D eigenvalue weighted by Gasteiger charge is 2.36. The molecule has 6 N–H and O–H groups in total. The van der Waals surface area contributed by atoms with Gasteiger partial charge >= 0.3 is 0 Å². The van der Waals surface area contributed by atoms with Gasteiger partial charge in [0.05, 0.1) is 152 Å². The lowest BCUT2D eigenvalue weighted by molar-refractivity contribution is -0.145. The normalized spacial score (nSPS) is 13.3. The molecular weight excluding hydrogens is 913 g/mol. The van der Waals surface area contributed by atoms with Crippen molar-refractivity contribution in [1.82, 2.24) is 26.2 Å². The predicted molar refractivity (Wildman–Crippen MR) is 249 cm³/mol. The zero-order chi connectivity index (χ0) is 50.3. The minimum Gasteiger partial charge on any atom is -0.382 e. The molecule has 0 fully saturated rings. The van der Waals surface area contributed by atoms with Crippen LogP contribution in [0, 0.1) is 0 Å². The Bertz CT molecular complexity index is 1390. The number of amides is 6. The zero-order valence-electron chi connectivity index (χ0n) is 40.8. The SMILES string of the molecule is C/C=C/NC(=O)CCNC(=O)C(CCCCNC(=O)CCOCCOCCOCCOCCOCCOCCOCCOCCOCCOCCOCCOC)NC(=O)C(CN)N1C(=O)C=CC1=O. The molecule has 0 saturated heterocycles. The molecule has 1 rings (SSSR count). The second kappa shape index (κ2) is 46.4. The second-order valence-electron chi connectivity index (χ2n) is 14.6. The highest BCUT2D eigenvalue weighted by atomic mass is 16.6. The maximum absolute atomic E-state index is 13.1. The molecule has 0 aromatic rings. The third kappa shape index (κ3) is 36.6. The molecule has 0 aromatic carbocycles. The van der Waals surface area contributed by atoms with Gasteiger partial charge in [0.25, 0.3) is 11.8 Å². The van der Waals surface area contributed by atoms with Crippen LogP contribution in [0.1, 0.15) is 39.0 Å². The Labute approximate surface area is 406 Å². The summed E-state index contributed by atoms with van der Waals surface area (Å²) in [6.45, 7) is 12.1. The van der Waals surface area contributed by atoms with Crippen molar-refractivity contribution in [3.05, 3.63) is 24.4 Å². The van der Waals surface area contributed by atoms with Crippen molar-refractivity contribution in [1.29, 1.82) is 0 Å². The zero-order valence-corrected chi connectivity index (χ0v) is 40.8. The van der Waals surface area contributed by atoms with Gasteiger partial charge in [0, 0.05) is 51.7 Å². The molecule has 0 aromatic heterocycles. The number of nitrogens with zero attached hydrogens (tertiary/aromatic N) is 1. The number of unbranched alkanes of at least 4 members (excludes halogenated alkanes) is 1. The Balaban J connectivity index is 1.96. The van der Waals surface area contributed by atoms with E-state index >= 15 is 0 Å². The summed E-state index contributed by atoms with van der Waals surface area (Å²) in [7, 11) is 1.63. The standard InChI is InChI=1S/C45H80N6O18/c1-3-11-47-40(52)9-13-49-44(56)38(50-45(57)39(37-46)51-42(54)7-8-43(51)55)6-4-5-12-48-41(53)10-14-59-17-18-61-21-22-63-25-26-65-29-30-67-33-34-69-36-35-68-32-31-66-28-27-64-24-23-62-20-19-60-16-15-58-2/h3,7-8,11,38-39H,4-6,9-10,12-37,46H2,1-2H3,(H,47,52)(H,48,53)(H,49,56)(H,50,57)/b11-3+. The maximum atomic E-state index is 13.1. The minimum absolute atomic E-state index is 0.00121. The third-order valence-electron chi connectivity index (χ3n) is 9.24. The first-order valence-electron chi connectivity index (χ1n) is 23.6. The van der Waals surface area contributed by atoms with Crippen LogP contribution in [0.2, 0.25) is 0 Å². The van der Waals surface area contributed by atoms with Crippen molar-refractivity contribution in [3.8, 4) is 0 Å². The maximum Gasteiger partial charge on any atom is 0.254 e. The number of allylic oxidation sites excluding steroid dienone is 1. The van der Waals surface area contributed by atoms with Gasteiger partial charge in [-0.1, -0.05) is 6.08 Å². The van der Waals surface area contributed by atoms with E-state index in [1.54, 1.807) is 20.1 Å². The predicted octanol–water partition coefficient (Wildman–Crippen LogP) is -1.61. The van der Waals surface area contributed by atoms with Gasteiger partial charge in [0.1, 0.15) is 12.1 Å². The van der Waals surface area contributed by atoms with Gasteiger partial charge in [-0.05, 0) is 32.4 Å². The van der Waals surface area contributed by atoms with Crippen LogP contribution < -0.4 is 27.0 Å². The summed E-state index contributed by atoms with van der Waals surface area (Å²) in [5.41, 5.74) is 5.73. The highest BCUT2D eigenvalue weighted by molar-refractivity contribution is 6.15. The van der Waals surface area contributed by atoms with E-state index in [9.17, 15) is 28.8 Å². The van der Waals surface area contributed by atoms with Crippen molar-refractivity contribution in [3.63, 3.8) is 0 Å². The van der Waals surface area contributed by atoms with Crippen LogP contribution in [0.15, 0.2) is 24.4 Å². The number of nitrogens with one attached hydrogen (secondary N) is 4. The van der Waals surface area contributed by atoms with Crippen molar-refractivity contribution >= 4 is 35.4 Å². The number of imide groups is 1. The van der Waals surface area contributed by atoms with Gasteiger partial charge in [0.15, 0.2) is 0 Å². The van der Waals surface area contributed by atoms with E-state index in [0.717, 1.165) is 17.1 Å². The summed E-state index contributed by atoms with van der Waals surface area (Å²) < 4.78 is 64.9. The molecule has 0 aliphatic carbocycles. The van der Waals surface area contributed by atoms with E-state index in [4.69, 9.17) is 62.6 Å². The van der Waals surface area contributed by atoms with Crippen molar-refractivity contribution < 1.29 is 85.6 Å². The molecular formula is C45H80N6O18. The second-order valence-corrected chi connectivity index (χ2v) is 14.6. The Morgan fingerprint density at radius 3 is 1.33 bits per heavy atom. The lowest BCUT2D eigenvalue weighted by Crippen LogP contribution is -2.57. The molecule has 6 amide bonds. The smallest absolute Gasteiger partial charge is 0.254 e. The Kier molecular flexibility index (Phi) is 42.3. The van der Waals surface area contributed by atoms with E-state index in [1.807, 2.05) is 0 Å². The van der Waals surface area contributed by atoms with Gasteiger partial charge < -0.3 is 83.8 Å². The topological polar surface area (TPSA) is 291 Å². The number of carbonyl (C=O) groups is 6. The molecule has 1 aliphatic heterocycles. The quantitative estimate of drug-likeness (QED) is 0.0338. The van der Waals surface area contributed by atoms with Crippen LogP contribution in [0.3, 0.4) is 0 Å². The summed E-state index contributed by atoms with van der Waals surface area (Å²) >= 11 is 0. The Morgan fingerprint density at radius 1 is 0.536 bits per heavy atom. The van der Waals surface area contributed by atoms with Crippen molar-refractivity contribution in [2.45, 2.75) is 51.1 Å². The molecule has 24 heteroatoms. The van der Waals surface area contributed by atoms with Crippen LogP contribution in [-0.4, -0.2) is 231 Å². The highest BCUT2D eigenvalue weighted by Crippen LogP contribution is 2.10. The van der Waals surface area contributed by atoms with Crippen LogP contribution in [0.25, 0.3) is 0 Å². The fourth-order valence-electron chi connectivity index (χ4n) is 5.65. The van der Waals surface area contributed by atoms with Gasteiger partial charge in [-0.3, -0.25) is 33.7 Å². The van der Waals surface area contributed by atoms with Crippen LogP contribution in [0.4, 0.5) is 0 Å². The Morgan fingerprint density at radius 2 is 0.942 bits per heavy atom. The minimum atomic E-state index is -1.31. The van der Waals surface area contributed by atoms with Crippen molar-refractivity contribution in [2.75, 3.05) is 179 Å². The first-order valence-corrected chi connectivity index (χ1v) is 23.6. The summed E-state index contributed by atoms with van der Waals surface area (Å²) in [5.74, 6) is -3.21. The van der Waals surface area contributed by atoms with Gasteiger partial charge in [-0.2, -0.15) is 0 Å². The van der Waals surface area contributed by atoms with E-state index in [-0.39, 0.29) is 50.8 Å². The first kappa shape index (κ1) is 63.0. The molecule has 0 radical (unpaired) electrons. The molecule has 2 atom stereocenters. The first-order chi connectivity index (χ1) is 33.7. The fourth-order valence-corrected chi connectivity index (χ4v) is 5.65. The number of carbonyl (C=O) groups excluding carboxylic acids is 6. The van der Waals surface area contributed by atoms with Crippen molar-refractivity contribution in [2.24, 2.45) is 5.73 Å². The molecule has 0 saturated carbocycles. The molecule has 0 spiro atoms. The number of methoxy groups -OCH3 is 1. The summed E-state index contributed by atoms with van der Waals surface area (Å²) in [5, 5.41) is 10.6. The fraction of sp³-hybridized carbons (Fsp3) is 0.778. The molecule has 0 bridgehead atoms. The summed E-state index contributed by atoms with van der Waals surface area (Å²) in [4.78, 5) is 75.4. The number of rotatable bonds is 50. The van der Waals surface area contributed by atoms with E-state index < -0.39 is 35.7 Å². The number of ether oxygens (including phenoxy) is 12. The van der Waals surface area contributed by atoms with Gasteiger partial charge in [0.2, 0.25) is 23.6 Å². The molecule has 24 nitrogen and oxygen atoms in total. The molecule has 1 aliphatic rings. The van der Waals surface area contributed by atoms with E-state index in [2.05, 4.69) is 21.3 Å².